The number of esters is 1. The lowest BCUT2D eigenvalue weighted by molar-refractivity contribution is -0.137. The second-order valence-corrected chi connectivity index (χ2v) is 4.50. The first-order chi connectivity index (χ1) is 10.3. The molecule has 0 radical (unpaired) electrons. The third-order valence-corrected chi connectivity index (χ3v) is 2.94. The molecule has 116 valence electrons. The number of nitrogen functional groups attached to an aromatic ring is 1. The average Bonchev–Trinajstić information content (AvgIpc) is 2.48. The maximum Gasteiger partial charge on any atom is 0.416 e. The SMILES string of the molecule is COC(=O)c1ccc(Nc2cccc(C(F)(F)F)c2)c(N)c1. The highest BCUT2D eigenvalue weighted by atomic mass is 19.4. The van der Waals surface area contributed by atoms with Crippen LogP contribution >= 0.6 is 0 Å². The van der Waals surface area contributed by atoms with Gasteiger partial charge in [0.05, 0.1) is 29.6 Å². The Kier molecular flexibility index (Phi) is 4.25. The summed E-state index contributed by atoms with van der Waals surface area (Å²) in [6, 6.07) is 9.11. The van der Waals surface area contributed by atoms with Gasteiger partial charge in [-0.15, -0.1) is 0 Å². The van der Waals surface area contributed by atoms with E-state index in [9.17, 15) is 18.0 Å². The first kappa shape index (κ1) is 15.7. The van der Waals surface area contributed by atoms with Crippen LogP contribution in [0.15, 0.2) is 42.5 Å². The van der Waals surface area contributed by atoms with Crippen LogP contribution in [0.5, 0.6) is 0 Å². The van der Waals surface area contributed by atoms with Crippen molar-refractivity contribution in [3.63, 3.8) is 0 Å². The number of anilines is 3. The summed E-state index contributed by atoms with van der Waals surface area (Å²) < 4.78 is 42.6. The van der Waals surface area contributed by atoms with Gasteiger partial charge in [-0.1, -0.05) is 6.07 Å². The number of nitrogens with two attached hydrogens (primary N) is 1. The third kappa shape index (κ3) is 3.49. The van der Waals surface area contributed by atoms with E-state index in [1.165, 1.54) is 37.4 Å². The lowest BCUT2D eigenvalue weighted by atomic mass is 10.1. The Morgan fingerprint density at radius 3 is 2.50 bits per heavy atom. The maximum absolute atomic E-state index is 12.7. The summed E-state index contributed by atoms with van der Waals surface area (Å²) in [4.78, 5) is 11.4. The van der Waals surface area contributed by atoms with Crippen LogP contribution in [0.25, 0.3) is 0 Å². The van der Waals surface area contributed by atoms with Crippen molar-refractivity contribution in [1.82, 2.24) is 0 Å². The van der Waals surface area contributed by atoms with Crippen molar-refractivity contribution in [2.24, 2.45) is 0 Å². The normalized spacial score (nSPS) is 11.1. The minimum atomic E-state index is -4.42. The topological polar surface area (TPSA) is 64.3 Å². The molecule has 3 N–H and O–H groups in total. The van der Waals surface area contributed by atoms with Crippen LogP contribution in [0, 0.1) is 0 Å². The molecule has 0 saturated heterocycles. The van der Waals surface area contributed by atoms with Gasteiger partial charge in [-0.3, -0.25) is 0 Å². The van der Waals surface area contributed by atoms with Gasteiger partial charge in [-0.2, -0.15) is 13.2 Å². The predicted molar refractivity (Wildman–Crippen MR) is 76.9 cm³/mol. The summed E-state index contributed by atoms with van der Waals surface area (Å²) in [6.07, 6.45) is -4.42. The summed E-state index contributed by atoms with van der Waals surface area (Å²) in [5, 5.41) is 2.79. The van der Waals surface area contributed by atoms with Crippen LogP contribution in [-0.4, -0.2) is 13.1 Å². The van der Waals surface area contributed by atoms with Gasteiger partial charge in [0.15, 0.2) is 0 Å². The van der Waals surface area contributed by atoms with Gasteiger partial charge in [-0.25, -0.2) is 4.79 Å². The molecule has 0 aromatic heterocycles. The van der Waals surface area contributed by atoms with E-state index in [4.69, 9.17) is 5.73 Å². The molecule has 0 aliphatic rings. The van der Waals surface area contributed by atoms with E-state index in [0.717, 1.165) is 12.1 Å². The monoisotopic (exact) mass is 310 g/mol. The summed E-state index contributed by atoms with van der Waals surface area (Å²) >= 11 is 0. The lowest BCUT2D eigenvalue weighted by Crippen LogP contribution is -2.06. The van der Waals surface area contributed by atoms with Crippen molar-refractivity contribution >= 4 is 23.0 Å². The number of hydrogen-bond acceptors (Lipinski definition) is 4. The summed E-state index contributed by atoms with van der Waals surface area (Å²) in [5.41, 5.74) is 6.15. The van der Waals surface area contributed by atoms with E-state index >= 15 is 0 Å². The Morgan fingerprint density at radius 1 is 1.18 bits per heavy atom. The van der Waals surface area contributed by atoms with Gasteiger partial charge in [0.1, 0.15) is 0 Å². The van der Waals surface area contributed by atoms with Gasteiger partial charge in [-0.05, 0) is 36.4 Å². The van der Waals surface area contributed by atoms with Gasteiger partial charge in [0.25, 0.3) is 0 Å². The van der Waals surface area contributed by atoms with Crippen LogP contribution in [0.1, 0.15) is 15.9 Å². The van der Waals surface area contributed by atoms with Crippen molar-refractivity contribution in [2.75, 3.05) is 18.2 Å². The van der Waals surface area contributed by atoms with Gasteiger partial charge >= 0.3 is 12.1 Å². The number of carbonyl (C=O) groups excluding carboxylic acids is 1. The molecule has 0 unspecified atom stereocenters. The zero-order chi connectivity index (χ0) is 16.3. The maximum atomic E-state index is 12.7. The van der Waals surface area contributed by atoms with Crippen molar-refractivity contribution < 1.29 is 22.7 Å². The van der Waals surface area contributed by atoms with E-state index in [0.29, 0.717) is 5.69 Å². The van der Waals surface area contributed by atoms with E-state index in [1.807, 2.05) is 0 Å². The zero-order valence-corrected chi connectivity index (χ0v) is 11.6. The Balaban J connectivity index is 2.26. The van der Waals surface area contributed by atoms with Crippen molar-refractivity contribution in [1.29, 1.82) is 0 Å². The molecule has 0 aliphatic heterocycles. The van der Waals surface area contributed by atoms with Crippen LogP contribution in [0.2, 0.25) is 0 Å². The molecule has 0 bridgehead atoms. The summed E-state index contributed by atoms with van der Waals surface area (Å²) in [6.45, 7) is 0. The highest BCUT2D eigenvalue weighted by Crippen LogP contribution is 2.32. The Bertz CT molecular complexity index is 699. The van der Waals surface area contributed by atoms with Gasteiger partial charge < -0.3 is 15.8 Å². The van der Waals surface area contributed by atoms with Crippen LogP contribution in [0.3, 0.4) is 0 Å². The highest BCUT2D eigenvalue weighted by Gasteiger charge is 2.30. The largest absolute Gasteiger partial charge is 0.465 e. The van der Waals surface area contributed by atoms with E-state index in [2.05, 4.69) is 10.1 Å². The molecular weight excluding hydrogens is 297 g/mol. The molecule has 2 aromatic rings. The minimum absolute atomic E-state index is 0.223. The minimum Gasteiger partial charge on any atom is -0.465 e. The predicted octanol–water partition coefficient (Wildman–Crippen LogP) is 3.82. The molecule has 2 rings (SSSR count). The van der Waals surface area contributed by atoms with Crippen LogP contribution in [-0.2, 0) is 10.9 Å². The number of ether oxygens (including phenoxy) is 1. The average molecular weight is 310 g/mol. The molecule has 4 nitrogen and oxygen atoms in total. The zero-order valence-electron chi connectivity index (χ0n) is 11.6. The summed E-state index contributed by atoms with van der Waals surface area (Å²) in [5.74, 6) is -0.544. The number of methoxy groups -OCH3 is 1. The van der Waals surface area contributed by atoms with E-state index in [1.54, 1.807) is 0 Å². The molecule has 0 amide bonds. The fourth-order valence-electron chi connectivity index (χ4n) is 1.85. The van der Waals surface area contributed by atoms with Crippen molar-refractivity contribution in [3.8, 4) is 0 Å². The molecular formula is C15H13F3N2O2. The van der Waals surface area contributed by atoms with Crippen molar-refractivity contribution in [2.45, 2.75) is 6.18 Å². The molecule has 0 spiro atoms. The number of hydrogen-bond donors (Lipinski definition) is 2. The summed E-state index contributed by atoms with van der Waals surface area (Å²) in [7, 11) is 1.24. The van der Waals surface area contributed by atoms with Crippen molar-refractivity contribution in [3.05, 3.63) is 53.6 Å². The van der Waals surface area contributed by atoms with Crippen LogP contribution in [0.4, 0.5) is 30.2 Å². The fourth-order valence-corrected chi connectivity index (χ4v) is 1.85. The Hall–Kier alpha value is -2.70. The molecule has 0 atom stereocenters. The number of rotatable bonds is 3. The number of halogens is 3. The first-order valence-electron chi connectivity index (χ1n) is 6.23. The molecule has 0 aliphatic carbocycles. The molecule has 0 heterocycles. The van der Waals surface area contributed by atoms with Gasteiger partial charge in [0.2, 0.25) is 0 Å². The number of alkyl halides is 3. The molecule has 0 saturated carbocycles. The molecule has 22 heavy (non-hydrogen) atoms. The quantitative estimate of drug-likeness (QED) is 0.668. The van der Waals surface area contributed by atoms with E-state index < -0.39 is 17.7 Å². The first-order valence-corrected chi connectivity index (χ1v) is 6.23. The van der Waals surface area contributed by atoms with Crippen LogP contribution < -0.4 is 11.1 Å². The third-order valence-electron chi connectivity index (χ3n) is 2.94. The smallest absolute Gasteiger partial charge is 0.416 e. The second-order valence-electron chi connectivity index (χ2n) is 4.50. The molecule has 2 aromatic carbocycles. The Labute approximate surface area is 124 Å². The number of carbonyl (C=O) groups is 1. The fraction of sp³-hybridized carbons (Fsp3) is 0.133. The molecule has 7 heteroatoms. The van der Waals surface area contributed by atoms with E-state index in [-0.39, 0.29) is 16.9 Å². The Morgan fingerprint density at radius 2 is 1.91 bits per heavy atom. The van der Waals surface area contributed by atoms with Gasteiger partial charge in [0, 0.05) is 5.69 Å². The highest BCUT2D eigenvalue weighted by molar-refractivity contribution is 5.92. The lowest BCUT2D eigenvalue weighted by Gasteiger charge is -2.12. The number of benzene rings is 2. The number of nitrogens with one attached hydrogen (secondary N) is 1. The second kappa shape index (κ2) is 5.97. The standard InChI is InChI=1S/C15H13F3N2O2/c1-22-14(21)9-5-6-13(12(19)7-9)20-11-4-2-3-10(8-11)15(16,17)18/h2-8,20H,19H2,1H3. The molecule has 0 fully saturated rings.